The maximum Gasteiger partial charge on any atom is 0.254 e. The third-order valence-electron chi connectivity index (χ3n) is 5.88. The highest BCUT2D eigenvalue weighted by atomic mass is 16.2. The molecule has 142 valence electrons. The Labute approximate surface area is 161 Å². The second kappa shape index (κ2) is 8.19. The fraction of sp³-hybridized carbons (Fsp3) is 0.455. The Morgan fingerprint density at radius 2 is 1.74 bits per heavy atom. The normalized spacial score (nSPS) is 22.6. The van der Waals surface area contributed by atoms with Crippen LogP contribution in [0.4, 0.5) is 0 Å². The largest absolute Gasteiger partial charge is 0.337 e. The van der Waals surface area contributed by atoms with E-state index in [1.165, 1.54) is 24.0 Å². The molecule has 0 radical (unpaired) electrons. The van der Waals surface area contributed by atoms with Crippen LogP contribution in [0, 0.1) is 5.92 Å². The maximum absolute atomic E-state index is 12.9. The molecule has 2 atom stereocenters. The lowest BCUT2D eigenvalue weighted by molar-refractivity contribution is 0.0736. The zero-order valence-electron chi connectivity index (χ0n) is 15.8. The van der Waals surface area contributed by atoms with E-state index in [0.717, 1.165) is 38.2 Å². The van der Waals surface area contributed by atoms with Crippen molar-refractivity contribution in [3.63, 3.8) is 0 Å². The molecule has 5 rings (SSSR count). The van der Waals surface area contributed by atoms with Crippen molar-refractivity contribution < 1.29 is 4.79 Å². The van der Waals surface area contributed by atoms with Crippen molar-refractivity contribution in [3.05, 3.63) is 65.5 Å². The Hall–Kier alpha value is -2.24. The van der Waals surface area contributed by atoms with Crippen LogP contribution in [0.3, 0.4) is 0 Å². The molecule has 27 heavy (non-hydrogen) atoms. The average Bonchev–Trinajstić information content (AvgIpc) is 3.02. The van der Waals surface area contributed by atoms with E-state index in [9.17, 15) is 4.79 Å². The third kappa shape index (κ3) is 4.20. The number of rotatable bonds is 5. The maximum atomic E-state index is 12.9. The molecule has 0 saturated carbocycles. The third-order valence-corrected chi connectivity index (χ3v) is 5.88. The molecule has 1 aromatic carbocycles. The van der Waals surface area contributed by atoms with E-state index in [-0.39, 0.29) is 5.91 Å². The minimum Gasteiger partial charge on any atom is -0.337 e. The summed E-state index contributed by atoms with van der Waals surface area (Å²) in [6, 6.07) is 12.9. The molecule has 0 aliphatic carbocycles. The van der Waals surface area contributed by atoms with Gasteiger partial charge in [0.1, 0.15) is 0 Å². The smallest absolute Gasteiger partial charge is 0.254 e. The van der Waals surface area contributed by atoms with Gasteiger partial charge in [0.25, 0.3) is 5.91 Å². The lowest BCUT2D eigenvalue weighted by atomic mass is 9.94. The minimum absolute atomic E-state index is 0.141. The summed E-state index contributed by atoms with van der Waals surface area (Å²) in [5.41, 5.74) is 9.03. The van der Waals surface area contributed by atoms with Gasteiger partial charge in [-0.2, -0.15) is 0 Å². The monoisotopic (exact) mass is 364 g/mol. The molecular formula is C22H28N4O. The fourth-order valence-electron chi connectivity index (χ4n) is 4.43. The number of carbonyl (C=O) groups excluding carboxylic acids is 1. The van der Waals surface area contributed by atoms with Crippen LogP contribution in [-0.4, -0.2) is 52.9 Å². The molecule has 1 amide bonds. The lowest BCUT2D eigenvalue weighted by Gasteiger charge is -2.36. The van der Waals surface area contributed by atoms with Crippen molar-refractivity contribution >= 4 is 5.91 Å². The molecule has 2 N–H and O–H groups in total. The van der Waals surface area contributed by atoms with E-state index < -0.39 is 0 Å². The topological polar surface area (TPSA) is 62.5 Å². The van der Waals surface area contributed by atoms with Gasteiger partial charge in [-0.1, -0.05) is 24.3 Å². The van der Waals surface area contributed by atoms with Crippen LogP contribution in [0.25, 0.3) is 0 Å². The van der Waals surface area contributed by atoms with Crippen molar-refractivity contribution in [2.75, 3.05) is 26.2 Å². The zero-order valence-corrected chi connectivity index (χ0v) is 15.8. The van der Waals surface area contributed by atoms with Crippen LogP contribution in [0.2, 0.25) is 0 Å². The number of aromatic nitrogens is 1. The number of amides is 1. The first-order valence-electron chi connectivity index (χ1n) is 9.94. The summed E-state index contributed by atoms with van der Waals surface area (Å²) in [6.07, 6.45) is 6.72. The molecule has 3 aliphatic heterocycles. The van der Waals surface area contributed by atoms with Gasteiger partial charge in [0.15, 0.2) is 0 Å². The minimum atomic E-state index is 0.141. The highest BCUT2D eigenvalue weighted by molar-refractivity contribution is 5.94. The number of nitrogens with zero attached hydrogens (tertiary/aromatic N) is 3. The van der Waals surface area contributed by atoms with Gasteiger partial charge in [0, 0.05) is 50.2 Å². The Balaban J connectivity index is 1.44. The molecular weight excluding hydrogens is 336 g/mol. The standard InChI is InChI=1S/C22H28N4O/c23-10-7-17-1-3-18(4-2-17)13-25-14-19-5-6-21(25)16-26(15-19)22(27)20-8-11-24-12-9-20/h1-4,8-9,11-12,19,21H,5-7,10,13-16,23H2/t19-,21-/m1/s1. The SMILES string of the molecule is NCCc1ccc(CN2C[C@H]3CC[C@@H]2CN(C(=O)c2ccncc2)C3)cc1. The first-order valence-corrected chi connectivity index (χ1v) is 9.94. The Morgan fingerprint density at radius 3 is 2.48 bits per heavy atom. The molecule has 3 saturated heterocycles. The summed E-state index contributed by atoms with van der Waals surface area (Å²) in [4.78, 5) is 21.6. The van der Waals surface area contributed by atoms with Gasteiger partial charge in [0.05, 0.1) is 0 Å². The van der Waals surface area contributed by atoms with E-state index in [1.807, 2.05) is 12.1 Å². The summed E-state index contributed by atoms with van der Waals surface area (Å²) >= 11 is 0. The summed E-state index contributed by atoms with van der Waals surface area (Å²) in [6.45, 7) is 4.42. The van der Waals surface area contributed by atoms with Crippen LogP contribution in [0.1, 0.15) is 34.3 Å². The number of fused-ring (bicyclic) bond motifs is 4. The molecule has 3 fully saturated rings. The van der Waals surface area contributed by atoms with Crippen molar-refractivity contribution in [2.24, 2.45) is 11.7 Å². The number of piperidine rings is 1. The molecule has 0 spiro atoms. The van der Waals surface area contributed by atoms with Crippen molar-refractivity contribution in [1.82, 2.24) is 14.8 Å². The van der Waals surface area contributed by atoms with Crippen molar-refractivity contribution in [1.29, 1.82) is 0 Å². The molecule has 2 aromatic rings. The van der Waals surface area contributed by atoms with Gasteiger partial charge in [-0.25, -0.2) is 0 Å². The van der Waals surface area contributed by atoms with Gasteiger partial charge in [-0.3, -0.25) is 14.7 Å². The number of benzene rings is 1. The van der Waals surface area contributed by atoms with Crippen LogP contribution in [-0.2, 0) is 13.0 Å². The van der Waals surface area contributed by atoms with Crippen LogP contribution >= 0.6 is 0 Å². The summed E-state index contributed by atoms with van der Waals surface area (Å²) < 4.78 is 0. The molecule has 3 aliphatic rings. The van der Waals surface area contributed by atoms with Crippen molar-refractivity contribution in [3.8, 4) is 0 Å². The lowest BCUT2D eigenvalue weighted by Crippen LogP contribution is -2.43. The van der Waals surface area contributed by atoms with Gasteiger partial charge < -0.3 is 10.6 Å². The van der Waals surface area contributed by atoms with Gasteiger partial charge >= 0.3 is 0 Å². The van der Waals surface area contributed by atoms with Crippen LogP contribution < -0.4 is 5.73 Å². The predicted molar refractivity (Wildman–Crippen MR) is 106 cm³/mol. The molecule has 1 aromatic heterocycles. The summed E-state index contributed by atoms with van der Waals surface area (Å²) in [5, 5.41) is 0. The van der Waals surface area contributed by atoms with Crippen molar-refractivity contribution in [2.45, 2.75) is 31.8 Å². The fourth-order valence-corrected chi connectivity index (χ4v) is 4.43. The quantitative estimate of drug-likeness (QED) is 0.884. The zero-order chi connectivity index (χ0) is 18.6. The van der Waals surface area contributed by atoms with E-state index in [1.54, 1.807) is 12.4 Å². The highest BCUT2D eigenvalue weighted by Gasteiger charge is 2.36. The van der Waals surface area contributed by atoms with Crippen LogP contribution in [0.15, 0.2) is 48.8 Å². The molecule has 5 heteroatoms. The highest BCUT2D eigenvalue weighted by Crippen LogP contribution is 2.30. The van der Waals surface area contributed by atoms with Gasteiger partial charge in [-0.15, -0.1) is 0 Å². The van der Waals surface area contributed by atoms with E-state index in [4.69, 9.17) is 5.73 Å². The molecule has 4 heterocycles. The summed E-state index contributed by atoms with van der Waals surface area (Å²) in [5.74, 6) is 0.702. The van der Waals surface area contributed by atoms with E-state index in [0.29, 0.717) is 18.5 Å². The number of hydrogen-bond donors (Lipinski definition) is 1. The van der Waals surface area contributed by atoms with Crippen LogP contribution in [0.5, 0.6) is 0 Å². The number of carbonyl (C=O) groups is 1. The second-order valence-electron chi connectivity index (χ2n) is 7.83. The first-order chi connectivity index (χ1) is 13.2. The predicted octanol–water partition coefficient (Wildman–Crippen LogP) is 2.32. The second-order valence-corrected chi connectivity index (χ2v) is 7.83. The first kappa shape index (κ1) is 18.1. The van der Waals surface area contributed by atoms with Gasteiger partial charge in [-0.05, 0) is 55.0 Å². The molecule has 2 bridgehead atoms. The Bertz CT molecular complexity index is 762. The van der Waals surface area contributed by atoms with E-state index >= 15 is 0 Å². The number of hydrogen-bond acceptors (Lipinski definition) is 4. The van der Waals surface area contributed by atoms with Gasteiger partial charge in [0.2, 0.25) is 0 Å². The molecule has 5 nitrogen and oxygen atoms in total. The van der Waals surface area contributed by atoms with E-state index in [2.05, 4.69) is 39.0 Å². The Kier molecular flexibility index (Phi) is 5.50. The average molecular weight is 364 g/mol. The molecule has 0 unspecified atom stereocenters. The Morgan fingerprint density at radius 1 is 1.00 bits per heavy atom. The number of nitrogens with two attached hydrogens (primary N) is 1. The summed E-state index contributed by atoms with van der Waals surface area (Å²) in [7, 11) is 0. The number of pyridine rings is 1.